The Hall–Kier alpha value is -2.56. The van der Waals surface area contributed by atoms with Crippen LogP contribution in [0.3, 0.4) is 0 Å². The highest BCUT2D eigenvalue weighted by Crippen LogP contribution is 2.41. The molecule has 28 heavy (non-hydrogen) atoms. The minimum absolute atomic E-state index is 0.199. The predicted octanol–water partition coefficient (Wildman–Crippen LogP) is 4.51. The van der Waals surface area contributed by atoms with Crippen molar-refractivity contribution in [2.24, 2.45) is 5.41 Å². The van der Waals surface area contributed by atoms with Crippen LogP contribution in [0.4, 0.5) is 10.7 Å². The number of rotatable bonds is 4. The van der Waals surface area contributed by atoms with Crippen LogP contribution in [0, 0.1) is 16.7 Å². The Morgan fingerprint density at radius 2 is 2.21 bits per heavy atom. The molecule has 0 atom stereocenters. The first-order valence-electron chi connectivity index (χ1n) is 8.83. The van der Waals surface area contributed by atoms with Crippen LogP contribution in [0.25, 0.3) is 0 Å². The van der Waals surface area contributed by atoms with E-state index in [9.17, 15) is 9.59 Å². The molecule has 0 spiro atoms. The number of hydrogen-bond donors (Lipinski definition) is 2. The fourth-order valence-electron chi connectivity index (χ4n) is 3.07. The summed E-state index contributed by atoms with van der Waals surface area (Å²) in [5, 5.41) is 15.9. The number of nitriles is 1. The normalized spacial score (nSPS) is 15.0. The Labute approximate surface area is 172 Å². The van der Waals surface area contributed by atoms with Crippen LogP contribution >= 0.6 is 22.9 Å². The fraction of sp³-hybridized carbons (Fsp3) is 0.350. The number of nitrogens with one attached hydrogen (secondary N) is 2. The summed E-state index contributed by atoms with van der Waals surface area (Å²) in [7, 11) is 0. The second-order valence-electron chi connectivity index (χ2n) is 7.29. The maximum absolute atomic E-state index is 12.7. The molecule has 0 saturated heterocycles. The topological polar surface area (TPSA) is 91.2 Å². The smallest absolute Gasteiger partial charge is 0.341 e. The summed E-state index contributed by atoms with van der Waals surface area (Å²) in [5.74, 6) is -0.673. The van der Waals surface area contributed by atoms with Crippen LogP contribution in [0.2, 0.25) is 5.02 Å². The second-order valence-corrected chi connectivity index (χ2v) is 8.72. The number of thiophene rings is 1. The molecule has 1 aliphatic rings. The fourth-order valence-corrected chi connectivity index (χ4v) is 4.44. The van der Waals surface area contributed by atoms with E-state index in [2.05, 4.69) is 10.6 Å². The molecule has 1 aromatic carbocycles. The number of amides is 1. The number of halogens is 1. The molecule has 1 amide bonds. The molecule has 0 radical (unpaired) electrons. The summed E-state index contributed by atoms with van der Waals surface area (Å²) in [4.78, 5) is 25.8. The highest BCUT2D eigenvalue weighted by Gasteiger charge is 2.35. The van der Waals surface area contributed by atoms with Crippen LogP contribution in [-0.2, 0) is 11.2 Å². The van der Waals surface area contributed by atoms with Crippen molar-refractivity contribution >= 4 is 45.5 Å². The molecular formula is C20H20ClN3O3S. The summed E-state index contributed by atoms with van der Waals surface area (Å²) in [6, 6.07) is 6.88. The Balaban J connectivity index is 2.11. The van der Waals surface area contributed by atoms with Gasteiger partial charge in [-0.25, -0.2) is 4.79 Å². The van der Waals surface area contributed by atoms with Gasteiger partial charge in [0, 0.05) is 6.54 Å². The van der Waals surface area contributed by atoms with E-state index >= 15 is 0 Å². The van der Waals surface area contributed by atoms with E-state index in [1.54, 1.807) is 25.1 Å². The number of carbonyl (C=O) groups is 2. The Morgan fingerprint density at radius 1 is 1.46 bits per heavy atom. The van der Waals surface area contributed by atoms with Gasteiger partial charge in [-0.2, -0.15) is 5.26 Å². The van der Waals surface area contributed by atoms with Gasteiger partial charge >= 0.3 is 5.97 Å². The summed E-state index contributed by atoms with van der Waals surface area (Å²) in [6.45, 7) is 6.58. The van der Waals surface area contributed by atoms with Gasteiger partial charge in [0.05, 0.1) is 39.4 Å². The SMILES string of the molecule is CCOC(=O)c1c(Nc2ccc(C#N)cc2Cl)sc2c1CC(C)(C)CNC2=O. The molecule has 8 heteroatoms. The molecule has 0 fully saturated rings. The van der Waals surface area contributed by atoms with Crippen LogP contribution in [0.5, 0.6) is 0 Å². The molecule has 0 saturated carbocycles. The lowest BCUT2D eigenvalue weighted by atomic mass is 9.85. The third-order valence-corrected chi connectivity index (χ3v) is 5.88. The van der Waals surface area contributed by atoms with Crippen molar-refractivity contribution in [1.82, 2.24) is 5.32 Å². The van der Waals surface area contributed by atoms with Crippen molar-refractivity contribution in [3.63, 3.8) is 0 Å². The molecule has 1 aromatic heterocycles. The maximum atomic E-state index is 12.7. The van der Waals surface area contributed by atoms with Crippen molar-refractivity contribution < 1.29 is 14.3 Å². The number of anilines is 2. The number of esters is 1. The van der Waals surface area contributed by atoms with Crippen LogP contribution < -0.4 is 10.6 Å². The predicted molar refractivity (Wildman–Crippen MR) is 110 cm³/mol. The molecule has 1 aliphatic heterocycles. The molecule has 0 unspecified atom stereocenters. The van der Waals surface area contributed by atoms with E-state index in [1.165, 1.54) is 11.3 Å². The average Bonchev–Trinajstić information content (AvgIpc) is 2.93. The molecular weight excluding hydrogens is 398 g/mol. The molecule has 3 rings (SSSR count). The van der Waals surface area contributed by atoms with Gasteiger partial charge in [-0.15, -0.1) is 11.3 Å². The number of nitrogens with zero attached hydrogens (tertiary/aromatic N) is 1. The third-order valence-electron chi connectivity index (χ3n) is 4.42. The molecule has 6 nitrogen and oxygen atoms in total. The van der Waals surface area contributed by atoms with E-state index in [0.29, 0.717) is 50.2 Å². The average molecular weight is 418 g/mol. The van der Waals surface area contributed by atoms with Gasteiger partial charge in [-0.1, -0.05) is 25.4 Å². The van der Waals surface area contributed by atoms with Crippen molar-refractivity contribution in [2.75, 3.05) is 18.5 Å². The summed E-state index contributed by atoms with van der Waals surface area (Å²) in [5.41, 5.74) is 1.83. The lowest BCUT2D eigenvalue weighted by Gasteiger charge is -2.22. The number of hydrogen-bond acceptors (Lipinski definition) is 6. The van der Waals surface area contributed by atoms with E-state index in [1.807, 2.05) is 19.9 Å². The van der Waals surface area contributed by atoms with Gasteiger partial charge in [0.1, 0.15) is 5.00 Å². The third kappa shape index (κ3) is 3.98. The lowest BCUT2D eigenvalue weighted by molar-refractivity contribution is 0.0526. The number of carbonyl (C=O) groups excluding carboxylic acids is 2. The number of benzene rings is 1. The zero-order chi connectivity index (χ0) is 20.5. The minimum Gasteiger partial charge on any atom is -0.462 e. The minimum atomic E-state index is -0.474. The van der Waals surface area contributed by atoms with E-state index in [-0.39, 0.29) is 17.9 Å². The Bertz CT molecular complexity index is 991. The lowest BCUT2D eigenvalue weighted by Crippen LogP contribution is -2.31. The molecule has 2 aromatic rings. The van der Waals surface area contributed by atoms with E-state index in [4.69, 9.17) is 21.6 Å². The van der Waals surface area contributed by atoms with Gasteiger partial charge < -0.3 is 15.4 Å². The first kappa shape index (κ1) is 20.2. The van der Waals surface area contributed by atoms with Crippen molar-refractivity contribution in [3.05, 3.63) is 44.8 Å². The highest BCUT2D eigenvalue weighted by molar-refractivity contribution is 7.18. The van der Waals surface area contributed by atoms with Crippen molar-refractivity contribution in [3.8, 4) is 6.07 Å². The van der Waals surface area contributed by atoms with Crippen LogP contribution in [0.15, 0.2) is 18.2 Å². The number of ether oxygens (including phenoxy) is 1. The summed E-state index contributed by atoms with van der Waals surface area (Å²) < 4.78 is 5.26. The van der Waals surface area contributed by atoms with Gasteiger partial charge in [0.15, 0.2) is 0 Å². The molecule has 0 bridgehead atoms. The summed E-state index contributed by atoms with van der Waals surface area (Å²) in [6.07, 6.45) is 0.564. The van der Waals surface area contributed by atoms with Gasteiger partial charge in [0.2, 0.25) is 0 Å². The number of fused-ring (bicyclic) bond motifs is 1. The molecule has 2 heterocycles. The quantitative estimate of drug-likeness (QED) is 0.714. The Kier molecular flexibility index (Phi) is 5.64. The standard InChI is InChI=1S/C20H20ClN3O3S/c1-4-27-19(26)15-12-8-20(2,3)10-23-17(25)16(12)28-18(15)24-14-6-5-11(9-22)7-13(14)21/h5-7,24H,4,8,10H2,1-3H3,(H,23,25). The maximum Gasteiger partial charge on any atom is 0.341 e. The Morgan fingerprint density at radius 3 is 2.86 bits per heavy atom. The monoisotopic (exact) mass is 417 g/mol. The van der Waals surface area contributed by atoms with Gasteiger partial charge in [0.25, 0.3) is 5.91 Å². The molecule has 2 N–H and O–H groups in total. The first-order chi connectivity index (χ1) is 13.3. The van der Waals surface area contributed by atoms with E-state index in [0.717, 1.165) is 0 Å². The zero-order valence-electron chi connectivity index (χ0n) is 15.8. The van der Waals surface area contributed by atoms with Crippen molar-refractivity contribution in [1.29, 1.82) is 5.26 Å². The summed E-state index contributed by atoms with van der Waals surface area (Å²) >= 11 is 7.48. The van der Waals surface area contributed by atoms with Gasteiger partial charge in [-0.05, 0) is 42.5 Å². The van der Waals surface area contributed by atoms with Crippen LogP contribution in [-0.4, -0.2) is 25.0 Å². The van der Waals surface area contributed by atoms with Gasteiger partial charge in [-0.3, -0.25) is 4.79 Å². The molecule has 0 aliphatic carbocycles. The first-order valence-corrected chi connectivity index (χ1v) is 10.0. The largest absolute Gasteiger partial charge is 0.462 e. The van der Waals surface area contributed by atoms with E-state index < -0.39 is 5.97 Å². The highest BCUT2D eigenvalue weighted by atomic mass is 35.5. The molecule has 146 valence electrons. The second kappa shape index (κ2) is 7.82. The van der Waals surface area contributed by atoms with Crippen molar-refractivity contribution in [2.45, 2.75) is 27.2 Å². The zero-order valence-corrected chi connectivity index (χ0v) is 17.4. The van der Waals surface area contributed by atoms with Crippen LogP contribution in [0.1, 0.15) is 51.9 Å².